The van der Waals surface area contributed by atoms with E-state index in [2.05, 4.69) is 44.1 Å². The van der Waals surface area contributed by atoms with Gasteiger partial charge in [0.25, 0.3) is 0 Å². The number of halogens is 1. The minimum absolute atomic E-state index is 0.310. The fourth-order valence-electron chi connectivity index (χ4n) is 4.19. The van der Waals surface area contributed by atoms with E-state index in [1.165, 1.54) is 12.4 Å². The fourth-order valence-corrected chi connectivity index (χ4v) is 4.43. The van der Waals surface area contributed by atoms with Crippen molar-refractivity contribution in [1.29, 1.82) is 0 Å². The van der Waals surface area contributed by atoms with Gasteiger partial charge in [-0.25, -0.2) is 9.97 Å². The van der Waals surface area contributed by atoms with E-state index in [1.54, 1.807) is 24.4 Å². The van der Waals surface area contributed by atoms with Crippen LogP contribution in [0.3, 0.4) is 0 Å². The fraction of sp³-hybridized carbons (Fsp3) is 0.214. The zero-order chi connectivity index (χ0) is 26.5. The van der Waals surface area contributed by atoms with Crippen LogP contribution in [0.2, 0.25) is 5.02 Å². The molecule has 1 aliphatic rings. The molecule has 0 unspecified atom stereocenters. The average Bonchev–Trinajstić information content (AvgIpc) is 2.91. The Morgan fingerprint density at radius 2 is 2.00 bits per heavy atom. The zero-order valence-corrected chi connectivity index (χ0v) is 21.6. The van der Waals surface area contributed by atoms with Crippen molar-refractivity contribution >= 4 is 45.6 Å². The van der Waals surface area contributed by atoms with Crippen LogP contribution in [-0.4, -0.2) is 52.5 Å². The first kappa shape index (κ1) is 25.4. The summed E-state index contributed by atoms with van der Waals surface area (Å²) in [5, 5.41) is 7.28. The Hall–Kier alpha value is -4.21. The highest BCUT2D eigenvalue weighted by molar-refractivity contribution is 6.32. The molecule has 0 spiro atoms. The van der Waals surface area contributed by atoms with Crippen LogP contribution in [0.25, 0.3) is 10.9 Å². The summed E-state index contributed by atoms with van der Waals surface area (Å²) in [4.78, 5) is 27.5. The quantitative estimate of drug-likeness (QED) is 0.274. The lowest BCUT2D eigenvalue weighted by atomic mass is 10.0. The third-order valence-corrected chi connectivity index (χ3v) is 6.39. The molecule has 5 rings (SSSR count). The Balaban J connectivity index is 1.37. The van der Waals surface area contributed by atoms with Crippen LogP contribution >= 0.6 is 11.6 Å². The van der Waals surface area contributed by atoms with Gasteiger partial charge in [0, 0.05) is 42.3 Å². The second-order valence-corrected chi connectivity index (χ2v) is 9.47. The minimum atomic E-state index is -0.336. The van der Waals surface area contributed by atoms with Gasteiger partial charge in [0.2, 0.25) is 5.91 Å². The van der Waals surface area contributed by atoms with Gasteiger partial charge in [0.1, 0.15) is 30.3 Å². The predicted octanol–water partition coefficient (Wildman–Crippen LogP) is 5.07. The molecule has 1 amide bonds. The van der Waals surface area contributed by atoms with Gasteiger partial charge in [0.15, 0.2) is 0 Å². The van der Waals surface area contributed by atoms with Crippen LogP contribution < -0.4 is 20.1 Å². The molecule has 9 nitrogen and oxygen atoms in total. The van der Waals surface area contributed by atoms with Crippen LogP contribution in [0.4, 0.5) is 17.2 Å². The van der Waals surface area contributed by atoms with Crippen LogP contribution in [-0.2, 0) is 11.4 Å². The summed E-state index contributed by atoms with van der Waals surface area (Å²) >= 11 is 6.49. The van der Waals surface area contributed by atoms with Gasteiger partial charge >= 0.3 is 0 Å². The van der Waals surface area contributed by atoms with Gasteiger partial charge < -0.3 is 25.0 Å². The number of carbonyl (C=O) groups excluding carboxylic acids is 1. The van der Waals surface area contributed by atoms with E-state index in [0.29, 0.717) is 63.7 Å². The van der Waals surface area contributed by atoms with Gasteiger partial charge in [-0.05, 0) is 49.5 Å². The number of nitrogens with zero attached hydrogens (tertiary/aromatic N) is 4. The maximum atomic E-state index is 12.1. The summed E-state index contributed by atoms with van der Waals surface area (Å²) in [5.74, 6) is 1.75. The van der Waals surface area contributed by atoms with Crippen molar-refractivity contribution < 1.29 is 14.3 Å². The number of anilines is 3. The molecule has 10 heteroatoms. The molecule has 4 aromatic rings. The lowest BCUT2D eigenvalue weighted by Gasteiger charge is -2.35. The van der Waals surface area contributed by atoms with Crippen molar-refractivity contribution in [3.8, 4) is 11.5 Å². The van der Waals surface area contributed by atoms with Crippen LogP contribution in [0, 0.1) is 5.92 Å². The zero-order valence-electron chi connectivity index (χ0n) is 20.9. The number of ether oxygens (including phenoxy) is 2. The Kier molecular flexibility index (Phi) is 7.67. The molecule has 0 bridgehead atoms. The summed E-state index contributed by atoms with van der Waals surface area (Å²) in [6.45, 7) is 6.37. The predicted molar refractivity (Wildman–Crippen MR) is 148 cm³/mol. The van der Waals surface area contributed by atoms with Gasteiger partial charge in [0.05, 0.1) is 28.5 Å². The van der Waals surface area contributed by atoms with E-state index < -0.39 is 0 Å². The van der Waals surface area contributed by atoms with Gasteiger partial charge in [-0.2, -0.15) is 0 Å². The largest absolute Gasteiger partial charge is 0.491 e. The summed E-state index contributed by atoms with van der Waals surface area (Å²) in [5.41, 5.74) is 2.71. The molecule has 1 saturated heterocycles. The Bertz CT molecular complexity index is 1460. The normalized spacial score (nSPS) is 13.5. The number of hydrogen-bond acceptors (Lipinski definition) is 8. The molecule has 1 aliphatic heterocycles. The third kappa shape index (κ3) is 6.01. The van der Waals surface area contributed by atoms with E-state index in [1.807, 2.05) is 30.3 Å². The van der Waals surface area contributed by atoms with Crippen molar-refractivity contribution in [3.05, 3.63) is 84.4 Å². The molecule has 3 heterocycles. The molecule has 38 heavy (non-hydrogen) atoms. The number of aromatic nitrogens is 3. The molecule has 0 radical (unpaired) electrons. The Morgan fingerprint density at radius 1 is 1.13 bits per heavy atom. The van der Waals surface area contributed by atoms with E-state index in [0.717, 1.165) is 18.8 Å². The van der Waals surface area contributed by atoms with Crippen molar-refractivity contribution in [1.82, 2.24) is 19.9 Å². The first-order valence-electron chi connectivity index (χ1n) is 12.1. The molecule has 194 valence electrons. The number of amides is 1. The topological polar surface area (TPSA) is 102 Å². The Labute approximate surface area is 225 Å². The molecule has 2 N–H and O–H groups in total. The smallest absolute Gasteiger partial charge is 0.247 e. The number of carbonyl (C=O) groups is 1. The highest BCUT2D eigenvalue weighted by Crippen LogP contribution is 2.35. The van der Waals surface area contributed by atoms with Crippen LogP contribution in [0.15, 0.2) is 73.7 Å². The summed E-state index contributed by atoms with van der Waals surface area (Å²) in [7, 11) is 2.07. The number of benzene rings is 2. The van der Waals surface area contributed by atoms with E-state index in [9.17, 15) is 4.79 Å². The lowest BCUT2D eigenvalue weighted by molar-refractivity contribution is -0.111. The summed E-state index contributed by atoms with van der Waals surface area (Å²) < 4.78 is 11.9. The summed E-state index contributed by atoms with van der Waals surface area (Å²) in [6.07, 6.45) is 4.41. The molecular formula is C28H27ClN6O3. The number of rotatable bonds is 10. The van der Waals surface area contributed by atoms with E-state index in [4.69, 9.17) is 21.1 Å². The average molecular weight is 531 g/mol. The second-order valence-electron chi connectivity index (χ2n) is 9.06. The molecule has 1 fully saturated rings. The van der Waals surface area contributed by atoms with Crippen LogP contribution in [0.5, 0.6) is 11.5 Å². The monoisotopic (exact) mass is 530 g/mol. The first-order chi connectivity index (χ1) is 18.5. The van der Waals surface area contributed by atoms with Crippen molar-refractivity contribution in [2.75, 3.05) is 37.4 Å². The number of nitrogens with one attached hydrogen (secondary N) is 2. The van der Waals surface area contributed by atoms with Crippen LogP contribution in [0.1, 0.15) is 5.69 Å². The van der Waals surface area contributed by atoms with E-state index >= 15 is 0 Å². The highest BCUT2D eigenvalue weighted by atomic mass is 35.5. The van der Waals surface area contributed by atoms with Gasteiger partial charge in [-0.1, -0.05) is 24.2 Å². The molecule has 0 aliphatic carbocycles. The number of fused-ring (bicyclic) bond motifs is 1. The maximum Gasteiger partial charge on any atom is 0.247 e. The lowest BCUT2D eigenvalue weighted by Crippen LogP contribution is -2.46. The number of pyridine rings is 1. The first-order valence-corrected chi connectivity index (χ1v) is 12.5. The summed E-state index contributed by atoms with van der Waals surface area (Å²) in [6, 6.07) is 14.7. The van der Waals surface area contributed by atoms with E-state index in [-0.39, 0.29) is 5.91 Å². The molecule has 0 atom stereocenters. The molecule has 2 aromatic carbocycles. The maximum absolute atomic E-state index is 12.1. The molecule has 0 saturated carbocycles. The molecular weight excluding hydrogens is 504 g/mol. The SMILES string of the molecule is C=CC(=O)Nc1cc2c(Nc3ccc(OCc4ccccn4)c(Cl)c3)ncnc2cc1OCC1CN(C)C1. The Morgan fingerprint density at radius 3 is 2.74 bits per heavy atom. The third-order valence-electron chi connectivity index (χ3n) is 6.09. The van der Waals surface area contributed by atoms with Gasteiger partial charge in [-0.15, -0.1) is 0 Å². The van der Waals surface area contributed by atoms with Crippen molar-refractivity contribution in [2.45, 2.75) is 6.61 Å². The molecule has 2 aromatic heterocycles. The number of hydrogen-bond donors (Lipinski definition) is 2. The minimum Gasteiger partial charge on any atom is -0.491 e. The second kappa shape index (κ2) is 11.5. The van der Waals surface area contributed by atoms with Crippen molar-refractivity contribution in [3.63, 3.8) is 0 Å². The standard InChI is InChI=1S/C28H27ClN6O3/c1-3-27(36)34-24-11-21-23(12-26(24)37-15-18-13-35(2)14-18)31-17-32-28(21)33-19-7-8-25(22(29)10-19)38-16-20-6-4-5-9-30-20/h3-12,17-18H,1,13-16H2,2H3,(H,34,36)(H,31,32,33). The van der Waals surface area contributed by atoms with Gasteiger partial charge in [-0.3, -0.25) is 9.78 Å². The number of likely N-dealkylation sites (tertiary alicyclic amines) is 1. The highest BCUT2D eigenvalue weighted by Gasteiger charge is 2.24. The van der Waals surface area contributed by atoms with Crippen molar-refractivity contribution in [2.24, 2.45) is 5.92 Å².